The number of amides is 2. The predicted molar refractivity (Wildman–Crippen MR) is 71.7 cm³/mol. The van der Waals surface area contributed by atoms with Crippen molar-refractivity contribution in [2.75, 3.05) is 38.2 Å². The van der Waals surface area contributed by atoms with Crippen LogP contribution in [0.15, 0.2) is 0 Å². The molecule has 0 radical (unpaired) electrons. The molecule has 2 amide bonds. The van der Waals surface area contributed by atoms with Gasteiger partial charge in [0.25, 0.3) is 5.91 Å². The normalized spacial score (nSPS) is 9.94. The quantitative estimate of drug-likeness (QED) is 0.698. The number of carbonyl (C=O) groups is 2. The number of hydrogen-bond acceptors (Lipinski definition) is 6. The minimum absolute atomic E-state index is 0.0627. The first-order valence-corrected chi connectivity index (χ1v) is 6.23. The Balaban J connectivity index is 2.74. The van der Waals surface area contributed by atoms with E-state index in [-0.39, 0.29) is 29.7 Å². The van der Waals surface area contributed by atoms with Crippen molar-refractivity contribution in [2.24, 2.45) is 0 Å². The summed E-state index contributed by atoms with van der Waals surface area (Å²) in [4.78, 5) is 24.8. The van der Waals surface area contributed by atoms with Crippen LogP contribution in [0.4, 0.5) is 10.8 Å². The van der Waals surface area contributed by atoms with Crippen LogP contribution in [0, 0.1) is 0 Å². The van der Waals surface area contributed by atoms with E-state index in [0.717, 1.165) is 11.5 Å². The average molecular weight is 271 g/mol. The van der Waals surface area contributed by atoms with E-state index < -0.39 is 0 Å². The summed E-state index contributed by atoms with van der Waals surface area (Å²) in [5.41, 5.74) is 5.90. The van der Waals surface area contributed by atoms with Crippen LogP contribution in [0.25, 0.3) is 0 Å². The van der Waals surface area contributed by atoms with Gasteiger partial charge in [0, 0.05) is 20.6 Å². The molecule has 0 saturated carbocycles. The highest BCUT2D eigenvalue weighted by molar-refractivity contribution is 7.11. The Morgan fingerprint density at radius 2 is 2.17 bits per heavy atom. The molecule has 0 aliphatic heterocycles. The molecule has 4 N–H and O–H groups in total. The van der Waals surface area contributed by atoms with Gasteiger partial charge in [-0.25, -0.2) is 0 Å². The van der Waals surface area contributed by atoms with Crippen LogP contribution >= 0.6 is 11.5 Å². The van der Waals surface area contributed by atoms with Crippen LogP contribution in [0.5, 0.6) is 0 Å². The zero-order valence-corrected chi connectivity index (χ0v) is 11.4. The molecule has 0 bridgehead atoms. The van der Waals surface area contributed by atoms with Gasteiger partial charge in [0.05, 0.1) is 6.54 Å². The van der Waals surface area contributed by atoms with E-state index in [1.807, 2.05) is 6.92 Å². The number of nitrogen functional groups attached to an aromatic ring is 1. The predicted octanol–water partition coefficient (Wildman–Crippen LogP) is -0.0249. The minimum atomic E-state index is -0.319. The van der Waals surface area contributed by atoms with Crippen LogP contribution in [-0.2, 0) is 4.79 Å². The number of rotatable bonds is 5. The van der Waals surface area contributed by atoms with Crippen molar-refractivity contribution < 1.29 is 9.59 Å². The third-order valence-electron chi connectivity index (χ3n) is 2.47. The van der Waals surface area contributed by atoms with Gasteiger partial charge in [0.2, 0.25) is 5.91 Å². The first kappa shape index (κ1) is 14.2. The smallest absolute Gasteiger partial charge is 0.257 e. The van der Waals surface area contributed by atoms with E-state index in [2.05, 4.69) is 15.0 Å². The molecule has 0 unspecified atom stereocenters. The molecule has 0 aliphatic rings. The molecule has 8 heteroatoms. The number of aromatic nitrogens is 1. The summed E-state index contributed by atoms with van der Waals surface area (Å²) in [5.74, 6) is -0.217. The van der Waals surface area contributed by atoms with Crippen molar-refractivity contribution in [3.05, 3.63) is 5.56 Å². The summed E-state index contributed by atoms with van der Waals surface area (Å²) in [6.45, 7) is 2.63. The SMILES string of the molecule is CCN(C)C(=O)CNc1snc(N)c1C(=O)NC. The van der Waals surface area contributed by atoms with Crippen molar-refractivity contribution >= 4 is 34.2 Å². The third-order valence-corrected chi connectivity index (χ3v) is 3.29. The lowest BCUT2D eigenvalue weighted by Crippen LogP contribution is -2.32. The summed E-state index contributed by atoms with van der Waals surface area (Å²) in [6, 6.07) is 0. The first-order valence-electron chi connectivity index (χ1n) is 5.46. The van der Waals surface area contributed by atoms with Gasteiger partial charge >= 0.3 is 0 Å². The van der Waals surface area contributed by atoms with Crippen molar-refractivity contribution in [1.29, 1.82) is 0 Å². The highest BCUT2D eigenvalue weighted by atomic mass is 32.1. The second-order valence-electron chi connectivity index (χ2n) is 3.61. The molecular weight excluding hydrogens is 254 g/mol. The van der Waals surface area contributed by atoms with Gasteiger partial charge in [-0.1, -0.05) is 0 Å². The summed E-state index contributed by atoms with van der Waals surface area (Å²) < 4.78 is 3.90. The number of hydrogen-bond donors (Lipinski definition) is 3. The fourth-order valence-corrected chi connectivity index (χ4v) is 1.94. The maximum atomic E-state index is 11.6. The number of nitrogens with one attached hydrogen (secondary N) is 2. The molecule has 0 saturated heterocycles. The van der Waals surface area contributed by atoms with Crippen LogP contribution in [0.3, 0.4) is 0 Å². The second-order valence-corrected chi connectivity index (χ2v) is 4.39. The zero-order valence-electron chi connectivity index (χ0n) is 10.6. The lowest BCUT2D eigenvalue weighted by Gasteiger charge is -2.14. The van der Waals surface area contributed by atoms with Crippen molar-refractivity contribution in [1.82, 2.24) is 14.6 Å². The molecule has 7 nitrogen and oxygen atoms in total. The van der Waals surface area contributed by atoms with Gasteiger partial charge in [-0.05, 0) is 18.5 Å². The first-order chi connectivity index (χ1) is 8.51. The largest absolute Gasteiger partial charge is 0.382 e. The molecule has 0 aliphatic carbocycles. The molecule has 1 heterocycles. The Labute approximate surface area is 110 Å². The molecule has 18 heavy (non-hydrogen) atoms. The Bertz CT molecular complexity index is 445. The van der Waals surface area contributed by atoms with Gasteiger partial charge < -0.3 is 21.3 Å². The van der Waals surface area contributed by atoms with Crippen molar-refractivity contribution in [3.8, 4) is 0 Å². The summed E-state index contributed by atoms with van der Waals surface area (Å²) in [7, 11) is 3.23. The highest BCUT2D eigenvalue weighted by Gasteiger charge is 2.18. The van der Waals surface area contributed by atoms with Crippen LogP contribution in [-0.4, -0.2) is 48.3 Å². The lowest BCUT2D eigenvalue weighted by atomic mass is 10.3. The average Bonchev–Trinajstić information content (AvgIpc) is 2.75. The number of likely N-dealkylation sites (N-methyl/N-ethyl adjacent to an activating group) is 1. The van der Waals surface area contributed by atoms with Crippen LogP contribution < -0.4 is 16.4 Å². The van der Waals surface area contributed by atoms with Crippen LogP contribution in [0.1, 0.15) is 17.3 Å². The van der Waals surface area contributed by atoms with E-state index in [0.29, 0.717) is 11.5 Å². The highest BCUT2D eigenvalue weighted by Crippen LogP contribution is 2.26. The molecule has 1 rings (SSSR count). The molecule has 100 valence electrons. The fraction of sp³-hybridized carbons (Fsp3) is 0.500. The Morgan fingerprint density at radius 3 is 2.72 bits per heavy atom. The minimum Gasteiger partial charge on any atom is -0.382 e. The van der Waals surface area contributed by atoms with Crippen molar-refractivity contribution in [2.45, 2.75) is 6.92 Å². The monoisotopic (exact) mass is 271 g/mol. The van der Waals surface area contributed by atoms with E-state index in [9.17, 15) is 9.59 Å². The zero-order chi connectivity index (χ0) is 13.7. The topological polar surface area (TPSA) is 100 Å². The fourth-order valence-electron chi connectivity index (χ4n) is 1.23. The lowest BCUT2D eigenvalue weighted by molar-refractivity contribution is -0.127. The summed E-state index contributed by atoms with van der Waals surface area (Å²) in [6.07, 6.45) is 0. The number of carbonyl (C=O) groups excluding carboxylic acids is 2. The van der Waals surface area contributed by atoms with E-state index >= 15 is 0 Å². The summed E-state index contributed by atoms with van der Waals surface area (Å²) in [5, 5.41) is 5.88. The third kappa shape index (κ3) is 3.10. The maximum Gasteiger partial charge on any atom is 0.257 e. The molecule has 1 aromatic rings. The Morgan fingerprint density at radius 1 is 1.50 bits per heavy atom. The summed E-state index contributed by atoms with van der Waals surface area (Å²) >= 11 is 1.06. The van der Waals surface area contributed by atoms with E-state index in [1.54, 1.807) is 11.9 Å². The van der Waals surface area contributed by atoms with Gasteiger partial charge in [-0.15, -0.1) is 0 Å². The molecule has 1 aromatic heterocycles. The van der Waals surface area contributed by atoms with E-state index in [4.69, 9.17) is 5.73 Å². The van der Waals surface area contributed by atoms with Crippen molar-refractivity contribution in [3.63, 3.8) is 0 Å². The Hall–Kier alpha value is -1.83. The van der Waals surface area contributed by atoms with Gasteiger partial charge in [-0.3, -0.25) is 9.59 Å². The van der Waals surface area contributed by atoms with E-state index in [1.165, 1.54) is 7.05 Å². The Kier molecular flexibility index (Phi) is 4.90. The molecule has 0 fully saturated rings. The van der Waals surface area contributed by atoms with Gasteiger partial charge in [0.1, 0.15) is 10.6 Å². The standard InChI is InChI=1S/C10H17N5O2S/c1-4-15(3)6(16)5-13-10-7(9(17)12-2)8(11)14-18-10/h13H,4-5H2,1-3H3,(H2,11,14)(H,12,17). The van der Waals surface area contributed by atoms with Crippen LogP contribution in [0.2, 0.25) is 0 Å². The molecule has 0 spiro atoms. The number of nitrogens with zero attached hydrogens (tertiary/aromatic N) is 2. The number of anilines is 2. The number of nitrogens with two attached hydrogens (primary N) is 1. The van der Waals surface area contributed by atoms with Gasteiger partial charge in [-0.2, -0.15) is 4.37 Å². The molecular formula is C10H17N5O2S. The van der Waals surface area contributed by atoms with Gasteiger partial charge in [0.15, 0.2) is 5.82 Å². The second kappa shape index (κ2) is 6.20. The molecule has 0 atom stereocenters. The maximum absolute atomic E-state index is 11.6. The molecule has 0 aromatic carbocycles.